The summed E-state index contributed by atoms with van der Waals surface area (Å²) in [5.41, 5.74) is 1.88. The van der Waals surface area contributed by atoms with Crippen molar-refractivity contribution in [3.63, 3.8) is 0 Å². The Kier molecular flexibility index (Phi) is 5.43. The van der Waals surface area contributed by atoms with Crippen molar-refractivity contribution in [1.29, 1.82) is 0 Å². The second kappa shape index (κ2) is 8.70. The van der Waals surface area contributed by atoms with E-state index >= 15 is 0 Å². The number of nitrogens with zero attached hydrogens (tertiary/aromatic N) is 4. The van der Waals surface area contributed by atoms with Gasteiger partial charge in [0.25, 0.3) is 0 Å². The SMILES string of the molecule is Cn1ccnc1COc1cc(OCc2c(F)cccc2F)cc(-c2nc3cccnc3[nH]2)c1. The Hall–Kier alpha value is -4.27. The highest BCUT2D eigenvalue weighted by molar-refractivity contribution is 5.76. The van der Waals surface area contributed by atoms with Gasteiger partial charge in [0.1, 0.15) is 53.5 Å². The number of rotatable bonds is 7. The fraction of sp³-hybridized carbons (Fsp3) is 0.125. The molecule has 3 heterocycles. The van der Waals surface area contributed by atoms with Crippen LogP contribution in [-0.4, -0.2) is 24.5 Å². The molecule has 9 heteroatoms. The largest absolute Gasteiger partial charge is 0.489 e. The molecule has 33 heavy (non-hydrogen) atoms. The lowest BCUT2D eigenvalue weighted by Gasteiger charge is -2.12. The minimum Gasteiger partial charge on any atom is -0.489 e. The third-order valence-electron chi connectivity index (χ3n) is 5.14. The zero-order valence-electron chi connectivity index (χ0n) is 17.6. The van der Waals surface area contributed by atoms with Gasteiger partial charge in [0.2, 0.25) is 0 Å². The maximum atomic E-state index is 14.0. The van der Waals surface area contributed by atoms with Crippen LogP contribution < -0.4 is 9.47 Å². The Bertz CT molecular complexity index is 1380. The number of halogens is 2. The first kappa shape index (κ1) is 20.6. The predicted octanol–water partition coefficient (Wildman–Crippen LogP) is 4.79. The Labute approximate surface area is 187 Å². The molecule has 5 aromatic rings. The van der Waals surface area contributed by atoms with Gasteiger partial charge in [-0.05, 0) is 36.4 Å². The number of pyridine rings is 1. The van der Waals surface area contributed by atoms with Gasteiger partial charge in [0.05, 0.1) is 5.56 Å². The summed E-state index contributed by atoms with van der Waals surface area (Å²) in [5.74, 6) is 0.838. The van der Waals surface area contributed by atoms with E-state index in [1.165, 1.54) is 18.2 Å². The van der Waals surface area contributed by atoms with Crippen molar-refractivity contribution >= 4 is 11.2 Å². The number of hydrogen-bond acceptors (Lipinski definition) is 5. The fourth-order valence-corrected chi connectivity index (χ4v) is 3.36. The van der Waals surface area contributed by atoms with E-state index in [-0.39, 0.29) is 18.8 Å². The highest BCUT2D eigenvalue weighted by atomic mass is 19.1. The molecule has 0 amide bonds. The average molecular weight is 447 g/mol. The van der Waals surface area contributed by atoms with Crippen molar-refractivity contribution in [3.05, 3.63) is 90.1 Å². The molecule has 0 unspecified atom stereocenters. The third-order valence-corrected chi connectivity index (χ3v) is 5.14. The third kappa shape index (κ3) is 4.38. The summed E-state index contributed by atoms with van der Waals surface area (Å²) in [6, 6.07) is 12.5. The second-order valence-corrected chi connectivity index (χ2v) is 7.38. The summed E-state index contributed by atoms with van der Waals surface area (Å²) in [6.07, 6.45) is 5.19. The topological polar surface area (TPSA) is 77.8 Å². The molecule has 0 radical (unpaired) electrons. The maximum absolute atomic E-state index is 14.0. The summed E-state index contributed by atoms with van der Waals surface area (Å²) in [4.78, 5) is 16.3. The lowest BCUT2D eigenvalue weighted by molar-refractivity contribution is 0.277. The molecule has 0 fully saturated rings. The Morgan fingerprint density at radius 3 is 2.36 bits per heavy atom. The zero-order valence-corrected chi connectivity index (χ0v) is 17.6. The highest BCUT2D eigenvalue weighted by Crippen LogP contribution is 2.31. The van der Waals surface area contributed by atoms with Crippen molar-refractivity contribution in [2.75, 3.05) is 0 Å². The summed E-state index contributed by atoms with van der Waals surface area (Å²) in [6.45, 7) is -0.0432. The summed E-state index contributed by atoms with van der Waals surface area (Å²) in [5, 5.41) is 0. The van der Waals surface area contributed by atoms with Gasteiger partial charge in [-0.1, -0.05) is 6.07 Å². The van der Waals surface area contributed by atoms with Crippen LogP contribution in [0.25, 0.3) is 22.6 Å². The van der Waals surface area contributed by atoms with E-state index in [0.717, 1.165) is 5.82 Å². The quantitative estimate of drug-likeness (QED) is 0.388. The normalized spacial score (nSPS) is 11.1. The molecule has 0 saturated heterocycles. The first-order valence-electron chi connectivity index (χ1n) is 10.2. The van der Waals surface area contributed by atoms with Gasteiger partial charge in [-0.2, -0.15) is 0 Å². The van der Waals surface area contributed by atoms with Gasteiger partial charge in [-0.25, -0.2) is 23.7 Å². The number of H-pyrrole nitrogens is 1. The highest BCUT2D eigenvalue weighted by Gasteiger charge is 2.13. The van der Waals surface area contributed by atoms with E-state index in [1.807, 2.05) is 23.9 Å². The second-order valence-electron chi connectivity index (χ2n) is 7.38. The number of aromatic amines is 1. The summed E-state index contributed by atoms with van der Waals surface area (Å²) >= 11 is 0. The monoisotopic (exact) mass is 447 g/mol. The number of benzene rings is 2. The van der Waals surface area contributed by atoms with Crippen LogP contribution in [0.15, 0.2) is 67.1 Å². The molecule has 3 aromatic heterocycles. The van der Waals surface area contributed by atoms with E-state index in [0.29, 0.717) is 34.1 Å². The van der Waals surface area contributed by atoms with Crippen molar-refractivity contribution in [2.45, 2.75) is 13.2 Å². The van der Waals surface area contributed by atoms with Gasteiger partial charge < -0.3 is 19.0 Å². The number of aryl methyl sites for hydroxylation is 1. The van der Waals surface area contributed by atoms with Crippen molar-refractivity contribution in [2.24, 2.45) is 7.05 Å². The summed E-state index contributed by atoms with van der Waals surface area (Å²) < 4.78 is 41.6. The number of fused-ring (bicyclic) bond motifs is 1. The minimum absolute atomic E-state index is 0.147. The van der Waals surface area contributed by atoms with Crippen molar-refractivity contribution in [3.8, 4) is 22.9 Å². The standard InChI is InChI=1S/C24H19F2N5O2/c1-31-9-8-27-22(31)14-33-17-11-15(23-29-21-6-3-7-28-24(21)30-23)10-16(12-17)32-13-18-19(25)4-2-5-20(18)26/h2-12H,13-14H2,1H3,(H,28,29,30). The van der Waals surface area contributed by atoms with E-state index < -0.39 is 11.6 Å². The summed E-state index contributed by atoms with van der Waals surface area (Å²) in [7, 11) is 1.88. The van der Waals surface area contributed by atoms with Crippen molar-refractivity contribution < 1.29 is 18.3 Å². The van der Waals surface area contributed by atoms with E-state index in [2.05, 4.69) is 19.9 Å². The van der Waals surface area contributed by atoms with E-state index in [9.17, 15) is 8.78 Å². The number of aromatic nitrogens is 5. The van der Waals surface area contributed by atoms with Crippen LogP contribution in [0.1, 0.15) is 11.4 Å². The number of nitrogens with one attached hydrogen (secondary N) is 1. The predicted molar refractivity (Wildman–Crippen MR) is 118 cm³/mol. The molecule has 0 aliphatic carbocycles. The van der Waals surface area contributed by atoms with Crippen LogP contribution in [0.3, 0.4) is 0 Å². The van der Waals surface area contributed by atoms with Gasteiger partial charge in [0.15, 0.2) is 5.65 Å². The van der Waals surface area contributed by atoms with Gasteiger partial charge in [-0.3, -0.25) is 0 Å². The molecule has 7 nitrogen and oxygen atoms in total. The number of ether oxygens (including phenoxy) is 2. The van der Waals surface area contributed by atoms with Crippen LogP contribution in [-0.2, 0) is 20.3 Å². The minimum atomic E-state index is -0.666. The molecule has 5 rings (SSSR count). The maximum Gasteiger partial charge on any atom is 0.157 e. The lowest BCUT2D eigenvalue weighted by Crippen LogP contribution is -2.04. The molecule has 0 spiro atoms. The van der Waals surface area contributed by atoms with Crippen LogP contribution in [0.2, 0.25) is 0 Å². The van der Waals surface area contributed by atoms with Crippen LogP contribution in [0, 0.1) is 11.6 Å². The first-order chi connectivity index (χ1) is 16.1. The van der Waals surface area contributed by atoms with Gasteiger partial charge in [-0.15, -0.1) is 0 Å². The van der Waals surface area contributed by atoms with Crippen LogP contribution >= 0.6 is 0 Å². The van der Waals surface area contributed by atoms with Gasteiger partial charge >= 0.3 is 0 Å². The van der Waals surface area contributed by atoms with Crippen molar-refractivity contribution in [1.82, 2.24) is 24.5 Å². The Balaban J connectivity index is 1.47. The molecule has 0 aliphatic heterocycles. The Morgan fingerprint density at radius 1 is 0.909 bits per heavy atom. The van der Waals surface area contributed by atoms with Crippen LogP contribution in [0.4, 0.5) is 8.78 Å². The van der Waals surface area contributed by atoms with Crippen LogP contribution in [0.5, 0.6) is 11.5 Å². The average Bonchev–Trinajstić information content (AvgIpc) is 3.43. The fourth-order valence-electron chi connectivity index (χ4n) is 3.36. The smallest absolute Gasteiger partial charge is 0.157 e. The molecular formula is C24H19F2N5O2. The van der Waals surface area contributed by atoms with E-state index in [1.54, 1.807) is 36.7 Å². The number of hydrogen-bond donors (Lipinski definition) is 1. The molecule has 1 N–H and O–H groups in total. The first-order valence-corrected chi connectivity index (χ1v) is 10.2. The van der Waals surface area contributed by atoms with Gasteiger partial charge in [0, 0.05) is 37.3 Å². The lowest BCUT2D eigenvalue weighted by atomic mass is 10.2. The number of imidazole rings is 2. The molecular weight excluding hydrogens is 428 g/mol. The molecule has 0 atom stereocenters. The molecule has 0 aliphatic rings. The molecule has 0 bridgehead atoms. The molecule has 0 saturated carbocycles. The Morgan fingerprint density at radius 2 is 1.67 bits per heavy atom. The van der Waals surface area contributed by atoms with E-state index in [4.69, 9.17) is 9.47 Å². The molecule has 166 valence electrons. The zero-order chi connectivity index (χ0) is 22.8. The molecule has 2 aromatic carbocycles.